The number of aliphatic hydroxyl groups excluding tert-OH is 3. The molecule has 5 N–H and O–H groups in total. The van der Waals surface area contributed by atoms with Crippen LogP contribution < -0.4 is 5.32 Å². The first kappa shape index (κ1) is 17.1. The topological polar surface area (TPSA) is 162 Å². The Hall–Kier alpha value is -2.27. The lowest BCUT2D eigenvalue weighted by Crippen LogP contribution is -2.58. The maximum absolute atomic E-state index is 11.0. The number of aliphatic hydroxyl groups is 3. The van der Waals surface area contributed by atoms with E-state index in [1.165, 1.54) is 6.92 Å². The third-order valence-corrected chi connectivity index (χ3v) is 3.54. The Bertz CT molecular complexity index is 590. The molecule has 0 bridgehead atoms. The Labute approximate surface area is 130 Å². The Balaban J connectivity index is 2.28. The molecule has 1 aromatic carbocycles. The number of carbonyl (C=O) groups is 1. The quantitative estimate of drug-likeness (QED) is 0.363. The SMILES string of the molecule is C[C@@H]1O[C@H](Nc2cc(C(=O)O)cc([N+](=O)[O-])c2)[C@H](O)[C@H](O)[C@@H]1O. The van der Waals surface area contributed by atoms with Crippen molar-refractivity contribution >= 4 is 17.3 Å². The molecule has 1 aromatic rings. The van der Waals surface area contributed by atoms with E-state index in [2.05, 4.69) is 5.32 Å². The van der Waals surface area contributed by atoms with Crippen LogP contribution in [-0.2, 0) is 4.74 Å². The fourth-order valence-corrected chi connectivity index (χ4v) is 2.26. The van der Waals surface area contributed by atoms with Gasteiger partial charge in [0.25, 0.3) is 5.69 Å². The third-order valence-electron chi connectivity index (χ3n) is 3.54. The maximum Gasteiger partial charge on any atom is 0.336 e. The highest BCUT2D eigenvalue weighted by atomic mass is 16.6. The number of nitrogens with one attached hydrogen (secondary N) is 1. The van der Waals surface area contributed by atoms with Crippen molar-refractivity contribution in [2.24, 2.45) is 0 Å². The van der Waals surface area contributed by atoms with Gasteiger partial charge in [-0.05, 0) is 13.0 Å². The maximum atomic E-state index is 11.0. The summed E-state index contributed by atoms with van der Waals surface area (Å²) in [6, 6.07) is 3.10. The summed E-state index contributed by atoms with van der Waals surface area (Å²) in [5, 5.41) is 51.7. The van der Waals surface area contributed by atoms with Gasteiger partial charge >= 0.3 is 5.97 Å². The predicted molar refractivity (Wildman–Crippen MR) is 76.0 cm³/mol. The standard InChI is InChI=1S/C13H16N2O8/c1-5-9(16)10(17)11(18)12(23-5)14-7-2-6(13(19)20)3-8(4-7)15(21)22/h2-5,9-12,14,16-18H,1H3,(H,19,20)/t5-,9+,10+,11+,12-/m0/s1. The summed E-state index contributed by atoms with van der Waals surface area (Å²) in [6.45, 7) is 1.48. The second-order valence-electron chi connectivity index (χ2n) is 5.21. The lowest BCUT2D eigenvalue weighted by molar-refractivity contribution is -0.384. The molecular formula is C13H16N2O8. The fraction of sp³-hybridized carbons (Fsp3) is 0.462. The number of hydrogen-bond donors (Lipinski definition) is 5. The highest BCUT2D eigenvalue weighted by molar-refractivity contribution is 5.90. The summed E-state index contributed by atoms with van der Waals surface area (Å²) in [5.74, 6) is -1.36. The summed E-state index contributed by atoms with van der Waals surface area (Å²) < 4.78 is 5.30. The van der Waals surface area contributed by atoms with Crippen LogP contribution in [0.4, 0.5) is 11.4 Å². The Morgan fingerprint density at radius 2 is 1.87 bits per heavy atom. The van der Waals surface area contributed by atoms with Gasteiger partial charge in [0.2, 0.25) is 0 Å². The Morgan fingerprint density at radius 1 is 1.22 bits per heavy atom. The van der Waals surface area contributed by atoms with E-state index < -0.39 is 47.2 Å². The number of non-ortho nitro benzene ring substituents is 1. The number of anilines is 1. The van der Waals surface area contributed by atoms with E-state index >= 15 is 0 Å². The molecule has 1 aliphatic rings. The van der Waals surface area contributed by atoms with Gasteiger partial charge in [-0.15, -0.1) is 0 Å². The molecule has 0 saturated carbocycles. The van der Waals surface area contributed by atoms with Gasteiger partial charge in [0.05, 0.1) is 16.6 Å². The van der Waals surface area contributed by atoms with Gasteiger partial charge < -0.3 is 30.5 Å². The average Bonchev–Trinajstić information content (AvgIpc) is 2.50. The number of benzene rings is 1. The number of nitro benzene ring substituents is 1. The molecule has 0 aromatic heterocycles. The Morgan fingerprint density at radius 3 is 2.43 bits per heavy atom. The van der Waals surface area contributed by atoms with Crippen LogP contribution in [0.1, 0.15) is 17.3 Å². The number of rotatable bonds is 4. The zero-order chi connectivity index (χ0) is 17.3. The van der Waals surface area contributed by atoms with Crippen molar-refractivity contribution in [3.8, 4) is 0 Å². The van der Waals surface area contributed by atoms with Crippen LogP contribution in [0.3, 0.4) is 0 Å². The molecule has 0 aliphatic carbocycles. The monoisotopic (exact) mass is 328 g/mol. The molecule has 0 amide bonds. The molecule has 126 valence electrons. The summed E-state index contributed by atoms with van der Waals surface area (Å²) in [6.07, 6.45) is -6.25. The van der Waals surface area contributed by atoms with Gasteiger partial charge in [-0.25, -0.2) is 4.79 Å². The lowest BCUT2D eigenvalue weighted by Gasteiger charge is -2.39. The molecule has 0 spiro atoms. The molecule has 10 heteroatoms. The van der Waals surface area contributed by atoms with E-state index in [0.29, 0.717) is 0 Å². The molecule has 2 rings (SSSR count). The van der Waals surface area contributed by atoms with Crippen molar-refractivity contribution in [3.05, 3.63) is 33.9 Å². The van der Waals surface area contributed by atoms with Crippen LogP contribution in [0.15, 0.2) is 18.2 Å². The minimum absolute atomic E-state index is 0.0245. The van der Waals surface area contributed by atoms with E-state index in [-0.39, 0.29) is 11.3 Å². The lowest BCUT2D eigenvalue weighted by atomic mass is 9.99. The molecular weight excluding hydrogens is 312 g/mol. The predicted octanol–water partition coefficient (Wildman–Crippen LogP) is -0.468. The first-order chi connectivity index (χ1) is 10.7. The van der Waals surface area contributed by atoms with Crippen molar-refractivity contribution < 1.29 is 34.9 Å². The van der Waals surface area contributed by atoms with Gasteiger partial charge in [0.1, 0.15) is 18.3 Å². The summed E-state index contributed by atoms with van der Waals surface area (Å²) >= 11 is 0. The summed E-state index contributed by atoms with van der Waals surface area (Å²) in [5.41, 5.74) is -0.747. The number of hydrogen-bond acceptors (Lipinski definition) is 8. The molecule has 10 nitrogen and oxygen atoms in total. The van der Waals surface area contributed by atoms with Gasteiger partial charge in [0, 0.05) is 17.8 Å². The van der Waals surface area contributed by atoms with E-state index in [0.717, 1.165) is 18.2 Å². The van der Waals surface area contributed by atoms with Gasteiger partial charge in [0.15, 0.2) is 6.23 Å². The van der Waals surface area contributed by atoms with Crippen molar-refractivity contribution in [3.63, 3.8) is 0 Å². The van der Waals surface area contributed by atoms with Crippen molar-refractivity contribution in [1.82, 2.24) is 0 Å². The Kier molecular flexibility index (Phi) is 4.80. The second-order valence-corrected chi connectivity index (χ2v) is 5.21. The first-order valence-electron chi connectivity index (χ1n) is 6.69. The van der Waals surface area contributed by atoms with Crippen LogP contribution >= 0.6 is 0 Å². The van der Waals surface area contributed by atoms with E-state index in [1.807, 2.05) is 0 Å². The van der Waals surface area contributed by atoms with E-state index in [1.54, 1.807) is 0 Å². The summed E-state index contributed by atoms with van der Waals surface area (Å²) in [7, 11) is 0. The second kappa shape index (κ2) is 6.46. The van der Waals surface area contributed by atoms with Gasteiger partial charge in [-0.3, -0.25) is 10.1 Å². The minimum atomic E-state index is -1.51. The molecule has 1 heterocycles. The molecule has 1 aliphatic heterocycles. The normalized spacial score (nSPS) is 30.7. The van der Waals surface area contributed by atoms with Crippen LogP contribution in [0.2, 0.25) is 0 Å². The van der Waals surface area contributed by atoms with Gasteiger partial charge in [-0.1, -0.05) is 0 Å². The zero-order valence-corrected chi connectivity index (χ0v) is 12.0. The number of carboxylic acids is 1. The number of nitro groups is 1. The largest absolute Gasteiger partial charge is 0.478 e. The number of ether oxygens (including phenoxy) is 1. The molecule has 1 fully saturated rings. The highest BCUT2D eigenvalue weighted by Gasteiger charge is 2.41. The van der Waals surface area contributed by atoms with Gasteiger partial charge in [-0.2, -0.15) is 0 Å². The minimum Gasteiger partial charge on any atom is -0.478 e. The van der Waals surface area contributed by atoms with Crippen molar-refractivity contribution in [2.75, 3.05) is 5.32 Å². The van der Waals surface area contributed by atoms with Crippen LogP contribution in [0.5, 0.6) is 0 Å². The molecule has 0 unspecified atom stereocenters. The third kappa shape index (κ3) is 3.56. The van der Waals surface area contributed by atoms with E-state index in [4.69, 9.17) is 9.84 Å². The zero-order valence-electron chi connectivity index (χ0n) is 12.0. The molecule has 5 atom stereocenters. The fourth-order valence-electron chi connectivity index (χ4n) is 2.26. The highest BCUT2D eigenvalue weighted by Crippen LogP contribution is 2.26. The summed E-state index contributed by atoms with van der Waals surface area (Å²) in [4.78, 5) is 21.1. The number of carboxylic acid groups (broad SMARTS) is 1. The smallest absolute Gasteiger partial charge is 0.336 e. The average molecular weight is 328 g/mol. The van der Waals surface area contributed by atoms with Crippen molar-refractivity contribution in [1.29, 1.82) is 0 Å². The first-order valence-corrected chi connectivity index (χ1v) is 6.69. The number of aromatic carboxylic acids is 1. The number of nitrogens with zero attached hydrogens (tertiary/aromatic N) is 1. The van der Waals surface area contributed by atoms with Crippen molar-refractivity contribution in [2.45, 2.75) is 37.6 Å². The van der Waals surface area contributed by atoms with Crippen LogP contribution in [0, 0.1) is 10.1 Å². The van der Waals surface area contributed by atoms with Crippen LogP contribution in [-0.4, -0.2) is 62.0 Å². The van der Waals surface area contributed by atoms with Crippen LogP contribution in [0.25, 0.3) is 0 Å². The molecule has 1 saturated heterocycles. The molecule has 0 radical (unpaired) electrons. The molecule has 23 heavy (non-hydrogen) atoms. The van der Waals surface area contributed by atoms with E-state index in [9.17, 15) is 30.2 Å².